The summed E-state index contributed by atoms with van der Waals surface area (Å²) in [5.41, 5.74) is 3.30. The number of hydrogen-bond donors (Lipinski definition) is 2. The van der Waals surface area contributed by atoms with Crippen molar-refractivity contribution in [2.24, 2.45) is 5.92 Å². The second-order valence-electron chi connectivity index (χ2n) is 6.57. The number of nitrogens with zero attached hydrogens (tertiary/aromatic N) is 3. The third-order valence-corrected chi connectivity index (χ3v) is 4.68. The Labute approximate surface area is 150 Å². The van der Waals surface area contributed by atoms with E-state index in [2.05, 4.69) is 20.5 Å². The number of aromatic nitrogens is 3. The van der Waals surface area contributed by atoms with E-state index in [1.807, 2.05) is 43.3 Å². The highest BCUT2D eigenvalue weighted by Gasteiger charge is 2.34. The van der Waals surface area contributed by atoms with Gasteiger partial charge in [0.1, 0.15) is 0 Å². The van der Waals surface area contributed by atoms with Crippen LogP contribution in [-0.2, 0) is 16.1 Å². The normalized spacial score (nSPS) is 17.0. The standard InChI is InChI=1S/C19H19N5O2/c1-12-16-6-5-14(9-17(16)23-22-12)21-19(26)13-8-18(25)24(10-13)11-15-4-2-3-7-20-15/h2-7,9,13H,8,10-11H2,1H3,(H,21,26)(H,22,23)/t13-/m0/s1. The Morgan fingerprint density at radius 1 is 1.35 bits per heavy atom. The molecule has 4 rings (SSSR count). The Kier molecular flexibility index (Phi) is 4.12. The van der Waals surface area contributed by atoms with Gasteiger partial charge in [-0.25, -0.2) is 0 Å². The average molecular weight is 349 g/mol. The number of rotatable bonds is 4. The summed E-state index contributed by atoms with van der Waals surface area (Å²) in [4.78, 5) is 30.7. The van der Waals surface area contributed by atoms with Crippen molar-refractivity contribution in [1.82, 2.24) is 20.1 Å². The van der Waals surface area contributed by atoms with Crippen molar-refractivity contribution in [2.75, 3.05) is 11.9 Å². The molecule has 0 spiro atoms. The molecule has 7 nitrogen and oxygen atoms in total. The van der Waals surface area contributed by atoms with Gasteiger partial charge in [0.25, 0.3) is 0 Å². The summed E-state index contributed by atoms with van der Waals surface area (Å²) in [6.45, 7) is 2.79. The fourth-order valence-corrected chi connectivity index (χ4v) is 3.26. The van der Waals surface area contributed by atoms with Gasteiger partial charge in [0.05, 0.1) is 23.7 Å². The van der Waals surface area contributed by atoms with Crippen LogP contribution in [0.25, 0.3) is 10.9 Å². The molecule has 1 aromatic carbocycles. The Balaban J connectivity index is 1.42. The van der Waals surface area contributed by atoms with Crippen molar-refractivity contribution < 1.29 is 9.59 Å². The first kappa shape index (κ1) is 16.3. The number of amides is 2. The maximum absolute atomic E-state index is 12.6. The number of carbonyl (C=O) groups excluding carboxylic acids is 2. The van der Waals surface area contributed by atoms with Crippen molar-refractivity contribution in [2.45, 2.75) is 19.9 Å². The van der Waals surface area contributed by atoms with Crippen LogP contribution in [0.3, 0.4) is 0 Å². The van der Waals surface area contributed by atoms with E-state index in [1.54, 1.807) is 11.1 Å². The molecule has 2 aromatic heterocycles. The van der Waals surface area contributed by atoms with E-state index in [9.17, 15) is 9.59 Å². The van der Waals surface area contributed by atoms with Crippen molar-refractivity contribution in [3.8, 4) is 0 Å². The Morgan fingerprint density at radius 2 is 2.23 bits per heavy atom. The molecule has 0 bridgehead atoms. The van der Waals surface area contributed by atoms with Crippen molar-refractivity contribution >= 4 is 28.4 Å². The molecule has 1 fully saturated rings. The van der Waals surface area contributed by atoms with Crippen LogP contribution in [0.1, 0.15) is 17.8 Å². The monoisotopic (exact) mass is 349 g/mol. The Bertz CT molecular complexity index is 966. The minimum absolute atomic E-state index is 0.0193. The quantitative estimate of drug-likeness (QED) is 0.756. The van der Waals surface area contributed by atoms with Crippen LogP contribution in [0.2, 0.25) is 0 Å². The van der Waals surface area contributed by atoms with E-state index in [4.69, 9.17) is 0 Å². The molecule has 3 heterocycles. The zero-order valence-corrected chi connectivity index (χ0v) is 14.4. The lowest BCUT2D eigenvalue weighted by Gasteiger charge is -2.16. The Morgan fingerprint density at radius 3 is 3.04 bits per heavy atom. The highest BCUT2D eigenvalue weighted by Crippen LogP contribution is 2.23. The highest BCUT2D eigenvalue weighted by atomic mass is 16.2. The molecule has 1 aliphatic heterocycles. The first-order valence-corrected chi connectivity index (χ1v) is 8.53. The largest absolute Gasteiger partial charge is 0.336 e. The van der Waals surface area contributed by atoms with Crippen molar-refractivity contribution in [1.29, 1.82) is 0 Å². The molecule has 2 amide bonds. The molecular formula is C19H19N5O2. The second-order valence-corrected chi connectivity index (χ2v) is 6.57. The van der Waals surface area contributed by atoms with Crippen LogP contribution in [0.4, 0.5) is 5.69 Å². The van der Waals surface area contributed by atoms with Gasteiger partial charge in [-0.05, 0) is 37.3 Å². The number of H-pyrrole nitrogens is 1. The van der Waals surface area contributed by atoms with Crippen LogP contribution in [0.5, 0.6) is 0 Å². The third kappa shape index (κ3) is 3.15. The number of carbonyl (C=O) groups is 2. The fourth-order valence-electron chi connectivity index (χ4n) is 3.26. The number of hydrogen-bond acceptors (Lipinski definition) is 4. The fraction of sp³-hybridized carbons (Fsp3) is 0.263. The van der Waals surface area contributed by atoms with Gasteiger partial charge >= 0.3 is 0 Å². The predicted octanol–water partition coefficient (Wildman–Crippen LogP) is 2.25. The zero-order valence-electron chi connectivity index (χ0n) is 14.4. The molecule has 7 heteroatoms. The smallest absolute Gasteiger partial charge is 0.229 e. The van der Waals surface area contributed by atoms with Crippen LogP contribution < -0.4 is 5.32 Å². The van der Waals surface area contributed by atoms with Crippen LogP contribution in [0.15, 0.2) is 42.6 Å². The van der Waals surface area contributed by atoms with E-state index in [-0.39, 0.29) is 24.2 Å². The number of nitrogens with one attached hydrogen (secondary N) is 2. The minimum atomic E-state index is -0.358. The summed E-state index contributed by atoms with van der Waals surface area (Å²) < 4.78 is 0. The van der Waals surface area contributed by atoms with E-state index >= 15 is 0 Å². The van der Waals surface area contributed by atoms with Gasteiger partial charge < -0.3 is 10.2 Å². The van der Waals surface area contributed by atoms with Gasteiger partial charge in [-0.3, -0.25) is 19.7 Å². The highest BCUT2D eigenvalue weighted by molar-refractivity contribution is 5.98. The zero-order chi connectivity index (χ0) is 18.1. The molecule has 0 aliphatic carbocycles. The molecule has 3 aromatic rings. The molecule has 2 N–H and O–H groups in total. The SMILES string of the molecule is Cc1[nH]nc2cc(NC(=O)[C@H]3CC(=O)N(Cc4ccccn4)C3)ccc12. The van der Waals surface area contributed by atoms with Crippen LogP contribution in [0, 0.1) is 12.8 Å². The van der Waals surface area contributed by atoms with Crippen molar-refractivity contribution in [3.63, 3.8) is 0 Å². The first-order chi connectivity index (χ1) is 12.6. The summed E-state index contributed by atoms with van der Waals surface area (Å²) >= 11 is 0. The third-order valence-electron chi connectivity index (χ3n) is 4.68. The molecule has 132 valence electrons. The molecule has 0 radical (unpaired) electrons. The van der Waals surface area contributed by atoms with Gasteiger partial charge in [-0.2, -0.15) is 5.10 Å². The Hall–Kier alpha value is -3.22. The van der Waals surface area contributed by atoms with E-state index in [0.29, 0.717) is 18.8 Å². The predicted molar refractivity (Wildman–Crippen MR) is 97.2 cm³/mol. The topological polar surface area (TPSA) is 91.0 Å². The lowest BCUT2D eigenvalue weighted by atomic mass is 10.1. The maximum Gasteiger partial charge on any atom is 0.229 e. The van der Waals surface area contributed by atoms with Crippen LogP contribution in [-0.4, -0.2) is 38.4 Å². The molecule has 1 atom stereocenters. The molecular weight excluding hydrogens is 330 g/mol. The average Bonchev–Trinajstić information content (AvgIpc) is 3.19. The lowest BCUT2D eigenvalue weighted by Crippen LogP contribution is -2.28. The maximum atomic E-state index is 12.6. The number of aryl methyl sites for hydroxylation is 1. The number of aromatic amines is 1. The lowest BCUT2D eigenvalue weighted by molar-refractivity contribution is -0.128. The second kappa shape index (κ2) is 6.59. The molecule has 1 aliphatic rings. The van der Waals surface area contributed by atoms with Crippen LogP contribution >= 0.6 is 0 Å². The minimum Gasteiger partial charge on any atom is -0.336 e. The summed E-state index contributed by atoms with van der Waals surface area (Å²) in [6.07, 6.45) is 1.93. The van der Waals surface area contributed by atoms with Gasteiger partial charge in [0.2, 0.25) is 11.8 Å². The number of likely N-dealkylation sites (tertiary alicyclic amines) is 1. The van der Waals surface area contributed by atoms with Crippen molar-refractivity contribution in [3.05, 3.63) is 54.0 Å². The van der Waals surface area contributed by atoms with E-state index < -0.39 is 0 Å². The molecule has 0 saturated carbocycles. The summed E-state index contributed by atoms with van der Waals surface area (Å²) in [5, 5.41) is 11.1. The van der Waals surface area contributed by atoms with Gasteiger partial charge in [-0.15, -0.1) is 0 Å². The summed E-state index contributed by atoms with van der Waals surface area (Å²) in [6, 6.07) is 11.2. The van der Waals surface area contributed by atoms with Gasteiger partial charge in [0, 0.05) is 35.9 Å². The van der Waals surface area contributed by atoms with Gasteiger partial charge in [0.15, 0.2) is 0 Å². The van der Waals surface area contributed by atoms with Gasteiger partial charge in [-0.1, -0.05) is 6.07 Å². The van der Waals surface area contributed by atoms with E-state index in [0.717, 1.165) is 22.3 Å². The number of fused-ring (bicyclic) bond motifs is 1. The number of anilines is 1. The number of pyridine rings is 1. The molecule has 1 saturated heterocycles. The number of benzene rings is 1. The van der Waals surface area contributed by atoms with E-state index in [1.165, 1.54) is 0 Å². The summed E-state index contributed by atoms with van der Waals surface area (Å²) in [7, 11) is 0. The molecule has 0 unspecified atom stereocenters. The summed E-state index contributed by atoms with van der Waals surface area (Å²) in [5.74, 6) is -0.523. The first-order valence-electron chi connectivity index (χ1n) is 8.53. The molecule has 26 heavy (non-hydrogen) atoms.